The molecule has 0 bridgehead atoms. The van der Waals surface area contributed by atoms with Gasteiger partial charge in [-0.3, -0.25) is 9.59 Å². The summed E-state index contributed by atoms with van der Waals surface area (Å²) >= 11 is 11.8. The zero-order valence-corrected chi connectivity index (χ0v) is 15.6. The second-order valence-corrected chi connectivity index (χ2v) is 6.95. The highest BCUT2D eigenvalue weighted by Gasteiger charge is 2.29. The van der Waals surface area contributed by atoms with E-state index in [2.05, 4.69) is 15.8 Å². The number of hydrogen-bond acceptors (Lipinski definition) is 3. The lowest BCUT2D eigenvalue weighted by Gasteiger charge is -2.07. The lowest BCUT2D eigenvalue weighted by Crippen LogP contribution is -2.19. The Bertz CT molecular complexity index is 875. The van der Waals surface area contributed by atoms with E-state index < -0.39 is 5.91 Å². The fraction of sp³-hybridized carbons (Fsp3) is 0.211. The number of carbonyl (C=O) groups is 2. The van der Waals surface area contributed by atoms with Gasteiger partial charge >= 0.3 is 0 Å². The first kappa shape index (κ1) is 18.4. The molecule has 2 N–H and O–H groups in total. The molecule has 1 aliphatic rings. The molecule has 1 saturated carbocycles. The minimum absolute atomic E-state index is 0.0650. The summed E-state index contributed by atoms with van der Waals surface area (Å²) in [5.74, 6) is -0.192. The highest BCUT2D eigenvalue weighted by atomic mass is 35.5. The number of halogens is 2. The quantitative estimate of drug-likeness (QED) is 0.583. The number of hydrogen-bond donors (Lipinski definition) is 2. The van der Waals surface area contributed by atoms with E-state index in [0.717, 1.165) is 24.1 Å². The summed E-state index contributed by atoms with van der Waals surface area (Å²) in [6.07, 6.45) is 1.93. The molecule has 1 aliphatic carbocycles. The van der Waals surface area contributed by atoms with Gasteiger partial charge in [0, 0.05) is 16.6 Å². The molecule has 26 heavy (non-hydrogen) atoms. The van der Waals surface area contributed by atoms with E-state index in [1.54, 1.807) is 19.1 Å². The molecule has 0 saturated heterocycles. The van der Waals surface area contributed by atoms with Gasteiger partial charge in [-0.1, -0.05) is 35.3 Å². The van der Waals surface area contributed by atoms with Crippen molar-refractivity contribution in [3.8, 4) is 0 Å². The van der Waals surface area contributed by atoms with Crippen molar-refractivity contribution in [2.75, 3.05) is 5.32 Å². The van der Waals surface area contributed by atoms with E-state index in [4.69, 9.17) is 23.2 Å². The summed E-state index contributed by atoms with van der Waals surface area (Å²) in [6.45, 7) is 1.78. The molecule has 3 rings (SSSR count). The van der Waals surface area contributed by atoms with E-state index >= 15 is 0 Å². The Balaban J connectivity index is 1.63. The summed E-state index contributed by atoms with van der Waals surface area (Å²) in [4.78, 5) is 23.9. The first-order valence-electron chi connectivity index (χ1n) is 8.15. The smallest absolute Gasteiger partial charge is 0.272 e. The molecule has 0 aliphatic heterocycles. The van der Waals surface area contributed by atoms with Gasteiger partial charge in [-0.05, 0) is 55.7 Å². The van der Waals surface area contributed by atoms with E-state index in [1.807, 2.05) is 24.3 Å². The number of rotatable bonds is 5. The monoisotopic (exact) mass is 389 g/mol. The number of benzene rings is 2. The largest absolute Gasteiger partial charge is 0.326 e. The number of carbonyl (C=O) groups excluding carboxylic acids is 2. The number of amides is 2. The summed E-state index contributed by atoms with van der Waals surface area (Å²) in [6, 6.07) is 11.9. The molecular weight excluding hydrogens is 373 g/mol. The van der Waals surface area contributed by atoms with Crippen molar-refractivity contribution in [3.05, 3.63) is 63.6 Å². The first-order chi connectivity index (χ1) is 12.4. The van der Waals surface area contributed by atoms with E-state index in [0.29, 0.717) is 16.3 Å². The molecule has 7 heteroatoms. The van der Waals surface area contributed by atoms with Gasteiger partial charge in [0.2, 0.25) is 5.91 Å². The Morgan fingerprint density at radius 2 is 1.77 bits per heavy atom. The highest BCUT2D eigenvalue weighted by Crippen LogP contribution is 2.30. The van der Waals surface area contributed by atoms with E-state index in [1.165, 1.54) is 6.07 Å². The molecule has 0 heterocycles. The van der Waals surface area contributed by atoms with Crippen LogP contribution >= 0.6 is 23.2 Å². The Kier molecular flexibility index (Phi) is 5.59. The van der Waals surface area contributed by atoms with Crippen LogP contribution in [-0.2, 0) is 4.79 Å². The third-order valence-corrected chi connectivity index (χ3v) is 4.57. The van der Waals surface area contributed by atoms with Gasteiger partial charge in [0.05, 0.1) is 16.3 Å². The fourth-order valence-electron chi connectivity index (χ4n) is 2.32. The highest BCUT2D eigenvalue weighted by molar-refractivity contribution is 6.36. The molecule has 5 nitrogen and oxygen atoms in total. The van der Waals surface area contributed by atoms with Crippen LogP contribution in [0.15, 0.2) is 47.6 Å². The standard InChI is InChI=1S/C19H17Cl2N3O2/c1-11(23-24-19(26)16-9-6-14(20)10-17(16)21)12-4-7-15(8-5-12)22-18(25)13-2-3-13/h4-10,13H,2-3H2,1H3,(H,22,25)(H,24,26)/b23-11-. The van der Waals surface area contributed by atoms with Crippen LogP contribution in [0.2, 0.25) is 10.0 Å². The van der Waals surface area contributed by atoms with Gasteiger partial charge in [0.15, 0.2) is 0 Å². The predicted molar refractivity (Wildman–Crippen MR) is 104 cm³/mol. The van der Waals surface area contributed by atoms with Crippen molar-refractivity contribution in [2.24, 2.45) is 11.0 Å². The van der Waals surface area contributed by atoms with Crippen molar-refractivity contribution in [3.63, 3.8) is 0 Å². The lowest BCUT2D eigenvalue weighted by atomic mass is 10.1. The minimum Gasteiger partial charge on any atom is -0.326 e. The van der Waals surface area contributed by atoms with Gasteiger partial charge in [0.25, 0.3) is 5.91 Å². The Hall–Kier alpha value is -2.37. The van der Waals surface area contributed by atoms with Crippen LogP contribution in [0.25, 0.3) is 0 Å². The minimum atomic E-state index is -0.417. The van der Waals surface area contributed by atoms with Crippen molar-refractivity contribution < 1.29 is 9.59 Å². The second kappa shape index (κ2) is 7.89. The maximum atomic E-state index is 12.2. The van der Waals surface area contributed by atoms with E-state index in [-0.39, 0.29) is 16.8 Å². The van der Waals surface area contributed by atoms with Crippen LogP contribution in [0.4, 0.5) is 5.69 Å². The summed E-state index contributed by atoms with van der Waals surface area (Å²) in [7, 11) is 0. The molecule has 0 aromatic heterocycles. The predicted octanol–water partition coefficient (Wildman–Crippen LogP) is 4.50. The van der Waals surface area contributed by atoms with Gasteiger partial charge in [-0.25, -0.2) is 5.43 Å². The maximum Gasteiger partial charge on any atom is 0.272 e. The third-order valence-electron chi connectivity index (χ3n) is 4.02. The normalized spacial score (nSPS) is 14.0. The van der Waals surface area contributed by atoms with Gasteiger partial charge in [-0.2, -0.15) is 5.10 Å². The van der Waals surface area contributed by atoms with Crippen LogP contribution in [-0.4, -0.2) is 17.5 Å². The molecule has 1 fully saturated rings. The first-order valence-corrected chi connectivity index (χ1v) is 8.90. The van der Waals surface area contributed by atoms with Crippen LogP contribution in [0.1, 0.15) is 35.7 Å². The van der Waals surface area contributed by atoms with Crippen LogP contribution in [0.5, 0.6) is 0 Å². The average molecular weight is 390 g/mol. The van der Waals surface area contributed by atoms with Crippen LogP contribution in [0, 0.1) is 5.92 Å². The summed E-state index contributed by atoms with van der Waals surface area (Å²) in [5, 5.41) is 7.70. The molecule has 2 aromatic rings. The van der Waals surface area contributed by atoms with Gasteiger partial charge < -0.3 is 5.32 Å². The number of nitrogens with zero attached hydrogens (tertiary/aromatic N) is 1. The van der Waals surface area contributed by atoms with Crippen molar-refractivity contribution in [1.29, 1.82) is 0 Å². The lowest BCUT2D eigenvalue weighted by molar-refractivity contribution is -0.117. The SMILES string of the molecule is C/C(=N/NC(=O)c1ccc(Cl)cc1Cl)c1ccc(NC(=O)C2CC2)cc1. The topological polar surface area (TPSA) is 70.6 Å². The Morgan fingerprint density at radius 3 is 2.38 bits per heavy atom. The summed E-state index contributed by atoms with van der Waals surface area (Å²) in [5.41, 5.74) is 4.98. The number of nitrogens with one attached hydrogen (secondary N) is 2. The summed E-state index contributed by atoms with van der Waals surface area (Å²) < 4.78 is 0. The zero-order chi connectivity index (χ0) is 18.7. The average Bonchev–Trinajstić information content (AvgIpc) is 3.45. The van der Waals surface area contributed by atoms with Gasteiger partial charge in [-0.15, -0.1) is 0 Å². The third kappa shape index (κ3) is 4.62. The maximum absolute atomic E-state index is 12.2. The number of anilines is 1. The zero-order valence-electron chi connectivity index (χ0n) is 14.1. The van der Waals surface area contributed by atoms with Crippen molar-refractivity contribution in [2.45, 2.75) is 19.8 Å². The van der Waals surface area contributed by atoms with Crippen LogP contribution < -0.4 is 10.7 Å². The van der Waals surface area contributed by atoms with Gasteiger partial charge in [0.1, 0.15) is 0 Å². The fourth-order valence-corrected chi connectivity index (χ4v) is 2.81. The number of hydrazone groups is 1. The Labute approximate surface area is 161 Å². The molecule has 0 atom stereocenters. The molecule has 0 radical (unpaired) electrons. The molecule has 134 valence electrons. The molecule has 2 aromatic carbocycles. The molecule has 0 unspecified atom stereocenters. The van der Waals surface area contributed by atoms with Crippen molar-refractivity contribution >= 4 is 46.4 Å². The van der Waals surface area contributed by atoms with Crippen molar-refractivity contribution in [1.82, 2.24) is 5.43 Å². The Morgan fingerprint density at radius 1 is 1.08 bits per heavy atom. The van der Waals surface area contributed by atoms with Crippen LogP contribution in [0.3, 0.4) is 0 Å². The second-order valence-electron chi connectivity index (χ2n) is 6.10. The van der Waals surface area contributed by atoms with E-state index in [9.17, 15) is 9.59 Å². The molecule has 0 spiro atoms. The molecular formula is C19H17Cl2N3O2. The molecule has 2 amide bonds.